The van der Waals surface area contributed by atoms with Gasteiger partial charge in [0.05, 0.1) is 12.5 Å². The fraction of sp³-hybridized carbons (Fsp3) is 0.588. The van der Waals surface area contributed by atoms with Crippen molar-refractivity contribution in [2.24, 2.45) is 5.41 Å². The van der Waals surface area contributed by atoms with Gasteiger partial charge in [-0.25, -0.2) is 0 Å². The maximum Gasteiger partial charge on any atom is 0.309 e. The molecule has 0 amide bonds. The Hall–Kier alpha value is -1.55. The SMILES string of the molecule is COc1ccccc1CC(C)N(C)CCC(C)(C)C(=O)O. The maximum absolute atomic E-state index is 11.1. The van der Waals surface area contributed by atoms with Gasteiger partial charge in [-0.3, -0.25) is 4.79 Å². The highest BCUT2D eigenvalue weighted by Crippen LogP contribution is 2.23. The molecule has 0 aliphatic rings. The second-order valence-corrected chi connectivity index (χ2v) is 6.28. The fourth-order valence-electron chi connectivity index (χ4n) is 2.13. The van der Waals surface area contributed by atoms with Crippen molar-refractivity contribution >= 4 is 5.97 Å². The topological polar surface area (TPSA) is 49.8 Å². The van der Waals surface area contributed by atoms with Gasteiger partial charge in [0.15, 0.2) is 0 Å². The molecule has 0 heterocycles. The predicted octanol–water partition coefficient (Wildman–Crippen LogP) is 3.06. The molecule has 21 heavy (non-hydrogen) atoms. The third-order valence-electron chi connectivity index (χ3n) is 4.13. The number of aliphatic carboxylic acids is 1. The van der Waals surface area contributed by atoms with E-state index in [-0.39, 0.29) is 0 Å². The Morgan fingerprint density at radius 2 is 2.00 bits per heavy atom. The summed E-state index contributed by atoms with van der Waals surface area (Å²) in [5, 5.41) is 9.16. The van der Waals surface area contributed by atoms with Crippen LogP contribution in [-0.2, 0) is 11.2 Å². The Bertz CT molecular complexity index is 471. The minimum atomic E-state index is -0.742. The van der Waals surface area contributed by atoms with E-state index in [0.717, 1.165) is 18.7 Å². The molecule has 0 radical (unpaired) electrons. The molecule has 0 aliphatic carbocycles. The number of carboxylic acids is 1. The van der Waals surface area contributed by atoms with Crippen LogP contribution in [0.15, 0.2) is 24.3 Å². The monoisotopic (exact) mass is 293 g/mol. The van der Waals surface area contributed by atoms with Gasteiger partial charge in [0, 0.05) is 6.04 Å². The normalized spacial score (nSPS) is 13.2. The minimum absolute atomic E-state index is 0.325. The summed E-state index contributed by atoms with van der Waals surface area (Å²) in [6.07, 6.45) is 1.52. The van der Waals surface area contributed by atoms with Crippen LogP contribution in [-0.4, -0.2) is 42.7 Å². The third-order valence-corrected chi connectivity index (χ3v) is 4.13. The van der Waals surface area contributed by atoms with Crippen molar-refractivity contribution in [2.45, 2.75) is 39.7 Å². The molecule has 0 saturated heterocycles. The highest BCUT2D eigenvalue weighted by Gasteiger charge is 2.27. The lowest BCUT2D eigenvalue weighted by atomic mass is 9.89. The number of benzene rings is 1. The van der Waals surface area contributed by atoms with Crippen molar-refractivity contribution in [3.8, 4) is 5.75 Å². The first-order chi connectivity index (χ1) is 9.77. The summed E-state index contributed by atoms with van der Waals surface area (Å²) in [4.78, 5) is 13.3. The van der Waals surface area contributed by atoms with Gasteiger partial charge in [-0.05, 0) is 58.8 Å². The van der Waals surface area contributed by atoms with E-state index in [4.69, 9.17) is 9.84 Å². The molecule has 1 atom stereocenters. The van der Waals surface area contributed by atoms with Gasteiger partial charge in [0.2, 0.25) is 0 Å². The standard InChI is InChI=1S/C17H27NO3/c1-13(12-14-8-6-7-9-15(14)21-5)18(4)11-10-17(2,3)16(19)20/h6-9,13H,10-12H2,1-5H3,(H,19,20). The molecule has 0 fully saturated rings. The molecule has 1 rings (SSSR count). The fourth-order valence-corrected chi connectivity index (χ4v) is 2.13. The van der Waals surface area contributed by atoms with Gasteiger partial charge in [0.25, 0.3) is 0 Å². The Balaban J connectivity index is 2.59. The number of rotatable bonds is 8. The molecule has 1 aromatic carbocycles. The second kappa shape index (κ2) is 7.46. The van der Waals surface area contributed by atoms with E-state index in [2.05, 4.69) is 17.9 Å². The van der Waals surface area contributed by atoms with E-state index >= 15 is 0 Å². The molecular formula is C17H27NO3. The van der Waals surface area contributed by atoms with Gasteiger partial charge < -0.3 is 14.7 Å². The van der Waals surface area contributed by atoms with Crippen LogP contribution < -0.4 is 4.74 Å². The van der Waals surface area contributed by atoms with Crippen molar-refractivity contribution < 1.29 is 14.6 Å². The summed E-state index contributed by atoms with van der Waals surface area (Å²) in [5.41, 5.74) is 0.496. The Kier molecular flexibility index (Phi) is 6.21. The first-order valence-electron chi connectivity index (χ1n) is 7.33. The highest BCUT2D eigenvalue weighted by molar-refractivity contribution is 5.73. The van der Waals surface area contributed by atoms with E-state index in [9.17, 15) is 4.79 Å². The number of likely N-dealkylation sites (N-methyl/N-ethyl adjacent to an activating group) is 1. The van der Waals surface area contributed by atoms with Crippen molar-refractivity contribution in [3.63, 3.8) is 0 Å². The molecule has 1 aromatic rings. The molecule has 0 aliphatic heterocycles. The molecule has 0 saturated carbocycles. The van der Waals surface area contributed by atoms with E-state index in [1.54, 1.807) is 21.0 Å². The average molecular weight is 293 g/mol. The average Bonchev–Trinajstić information content (AvgIpc) is 2.45. The molecule has 1 N–H and O–H groups in total. The maximum atomic E-state index is 11.1. The van der Waals surface area contributed by atoms with Crippen molar-refractivity contribution in [2.75, 3.05) is 20.7 Å². The number of carbonyl (C=O) groups is 1. The predicted molar refractivity (Wildman–Crippen MR) is 84.8 cm³/mol. The number of hydrogen-bond acceptors (Lipinski definition) is 3. The minimum Gasteiger partial charge on any atom is -0.496 e. The van der Waals surface area contributed by atoms with Crippen LogP contribution in [0.4, 0.5) is 0 Å². The van der Waals surface area contributed by atoms with Crippen molar-refractivity contribution in [1.29, 1.82) is 0 Å². The zero-order valence-electron chi connectivity index (χ0n) is 13.7. The van der Waals surface area contributed by atoms with E-state index in [1.165, 1.54) is 5.56 Å². The third kappa shape index (κ3) is 5.05. The summed E-state index contributed by atoms with van der Waals surface area (Å²) in [6, 6.07) is 8.34. The quantitative estimate of drug-likeness (QED) is 0.800. The number of carboxylic acid groups (broad SMARTS) is 1. The van der Waals surface area contributed by atoms with Crippen LogP contribution in [0.25, 0.3) is 0 Å². The first-order valence-corrected chi connectivity index (χ1v) is 7.33. The summed E-state index contributed by atoms with van der Waals surface area (Å²) in [7, 11) is 3.72. The van der Waals surface area contributed by atoms with Gasteiger partial charge in [0.1, 0.15) is 5.75 Å². The van der Waals surface area contributed by atoms with Crippen LogP contribution in [0.3, 0.4) is 0 Å². The van der Waals surface area contributed by atoms with E-state index in [0.29, 0.717) is 12.5 Å². The number of nitrogens with zero attached hydrogens (tertiary/aromatic N) is 1. The van der Waals surface area contributed by atoms with Gasteiger partial charge in [-0.15, -0.1) is 0 Å². The smallest absolute Gasteiger partial charge is 0.309 e. The number of ether oxygens (including phenoxy) is 1. The van der Waals surface area contributed by atoms with Crippen molar-refractivity contribution in [3.05, 3.63) is 29.8 Å². The molecule has 4 heteroatoms. The van der Waals surface area contributed by atoms with E-state index < -0.39 is 11.4 Å². The molecule has 1 unspecified atom stereocenters. The lowest BCUT2D eigenvalue weighted by Crippen LogP contribution is -2.35. The molecule has 0 bridgehead atoms. The van der Waals surface area contributed by atoms with Gasteiger partial charge in [-0.1, -0.05) is 18.2 Å². The summed E-state index contributed by atoms with van der Waals surface area (Å²) in [6.45, 7) is 6.46. The lowest BCUT2D eigenvalue weighted by molar-refractivity contribution is -0.147. The Morgan fingerprint density at radius 1 is 1.38 bits per heavy atom. The second-order valence-electron chi connectivity index (χ2n) is 6.28. The van der Waals surface area contributed by atoms with Crippen LogP contribution in [0.5, 0.6) is 5.75 Å². The largest absolute Gasteiger partial charge is 0.496 e. The number of hydrogen-bond donors (Lipinski definition) is 1. The first kappa shape index (κ1) is 17.5. The molecular weight excluding hydrogens is 266 g/mol. The molecule has 0 spiro atoms. The molecule has 0 aromatic heterocycles. The number of methoxy groups -OCH3 is 1. The van der Waals surface area contributed by atoms with E-state index in [1.807, 2.05) is 25.2 Å². The summed E-state index contributed by atoms with van der Waals surface area (Å²) in [5.74, 6) is 0.164. The van der Waals surface area contributed by atoms with Gasteiger partial charge in [-0.2, -0.15) is 0 Å². The van der Waals surface area contributed by atoms with Crippen LogP contribution in [0, 0.1) is 5.41 Å². The highest BCUT2D eigenvalue weighted by atomic mass is 16.5. The van der Waals surface area contributed by atoms with Crippen LogP contribution in [0.1, 0.15) is 32.8 Å². The Labute approximate surface area is 127 Å². The zero-order valence-corrected chi connectivity index (χ0v) is 13.7. The van der Waals surface area contributed by atoms with Crippen LogP contribution >= 0.6 is 0 Å². The summed E-state index contributed by atoms with van der Waals surface area (Å²) >= 11 is 0. The number of para-hydroxylation sites is 1. The Morgan fingerprint density at radius 3 is 2.57 bits per heavy atom. The van der Waals surface area contributed by atoms with Crippen LogP contribution in [0.2, 0.25) is 0 Å². The van der Waals surface area contributed by atoms with Gasteiger partial charge >= 0.3 is 5.97 Å². The summed E-state index contributed by atoms with van der Waals surface area (Å²) < 4.78 is 5.38. The molecule has 118 valence electrons. The lowest BCUT2D eigenvalue weighted by Gasteiger charge is -2.28. The van der Waals surface area contributed by atoms with Crippen molar-refractivity contribution in [1.82, 2.24) is 4.90 Å². The zero-order chi connectivity index (χ0) is 16.0. The molecule has 4 nitrogen and oxygen atoms in total.